The number of nitrogens with one attached hydrogen (secondary N) is 1. The van der Waals surface area contributed by atoms with E-state index in [1.807, 2.05) is 82.6 Å². The molecule has 19 heteroatoms. The second-order valence-electron chi connectivity index (χ2n) is 22.1. The minimum atomic E-state index is -0.872. The van der Waals surface area contributed by atoms with E-state index < -0.39 is 23.8 Å². The minimum Gasteiger partial charge on any atom is -0.496 e. The Morgan fingerprint density at radius 3 is 1.45 bits per heavy atom. The zero-order chi connectivity index (χ0) is 60.7. The van der Waals surface area contributed by atoms with Crippen molar-refractivity contribution in [3.8, 4) is 46.0 Å². The molecule has 2 amide bonds. The number of rotatable bonds is 29. The summed E-state index contributed by atoms with van der Waals surface area (Å²) in [5, 5.41) is 24.0. The highest BCUT2D eigenvalue weighted by molar-refractivity contribution is 5.80. The van der Waals surface area contributed by atoms with Gasteiger partial charge in [0.1, 0.15) is 11.5 Å². The van der Waals surface area contributed by atoms with Crippen molar-refractivity contribution in [2.24, 2.45) is 11.8 Å². The lowest BCUT2D eigenvalue weighted by Gasteiger charge is -2.29. The van der Waals surface area contributed by atoms with Crippen LogP contribution in [-0.4, -0.2) is 174 Å². The first kappa shape index (κ1) is 66.2. The number of carboxylic acids is 2. The average molecular weight is 1170 g/mol. The third-order valence-corrected chi connectivity index (χ3v) is 16.4. The van der Waals surface area contributed by atoms with Gasteiger partial charge in [-0.3, -0.25) is 29.0 Å². The van der Waals surface area contributed by atoms with Crippen LogP contribution in [-0.2, 0) is 32.0 Å². The monoisotopic (exact) mass is 1170 g/mol. The SMILES string of the molecule is CCCCN(CCC)C(=O)CN1C[C@H](c2cc(OC)c3c(c2)OCO3)[C@@H](C(=O)O)[C@@H]1CCCc1ccccc1OC.CCCCNC(=O)CN1C[C@H](c2cc(OC)c3c(c2)OCO3)[C@@H](C(=O)O)[C@@H]1CCCc1ccccc1OC.CCN(C)C. The van der Waals surface area contributed by atoms with Crippen LogP contribution < -0.4 is 43.2 Å². The fourth-order valence-electron chi connectivity index (χ4n) is 11.8. The van der Waals surface area contributed by atoms with Crippen LogP contribution in [0.5, 0.6) is 46.0 Å². The van der Waals surface area contributed by atoms with Gasteiger partial charge in [0.25, 0.3) is 0 Å². The van der Waals surface area contributed by atoms with Gasteiger partial charge < -0.3 is 63.2 Å². The summed E-state index contributed by atoms with van der Waals surface area (Å²) in [6.07, 6.45) is 9.07. The summed E-state index contributed by atoms with van der Waals surface area (Å²) >= 11 is 0. The van der Waals surface area contributed by atoms with Crippen LogP contribution in [0.4, 0.5) is 0 Å². The van der Waals surface area contributed by atoms with E-state index in [-0.39, 0.29) is 62.4 Å². The number of carboxylic acid groups (broad SMARTS) is 2. The second kappa shape index (κ2) is 33.5. The van der Waals surface area contributed by atoms with Crippen LogP contribution in [0, 0.1) is 11.8 Å². The van der Waals surface area contributed by atoms with Crippen LogP contribution in [0.3, 0.4) is 0 Å². The Bertz CT molecular complexity index is 2740. The topological polar surface area (TPSA) is 208 Å². The summed E-state index contributed by atoms with van der Waals surface area (Å²) in [5.74, 6) is 1.04. The minimum absolute atomic E-state index is 0.0584. The number of aryl methyl sites for hydroxylation is 2. The number of unbranched alkanes of at least 4 members (excludes halogenated alkanes) is 2. The summed E-state index contributed by atoms with van der Waals surface area (Å²) in [4.78, 5) is 60.2. The fourth-order valence-corrected chi connectivity index (χ4v) is 11.8. The third kappa shape index (κ3) is 17.6. The number of methoxy groups -OCH3 is 4. The molecule has 84 heavy (non-hydrogen) atoms. The Morgan fingerprint density at radius 2 is 1.04 bits per heavy atom. The lowest BCUT2D eigenvalue weighted by molar-refractivity contribution is -0.144. The molecular weight excluding hydrogens is 1070 g/mol. The standard InChI is InChI=1S/C32H44N2O7.C29H38N2O7.C4H11N/c1-5-7-16-33(15-6-2)29(35)20-34-19-24(23-17-27(39-4)31-28(18-23)40-21-41-31)30(32(36)37)25(34)13-10-12-22-11-8-9-14-26(22)38-3;1-4-5-13-30-26(32)17-31-16-21(20-14-24(36-3)28-25(15-20)37-18-38-28)27(29(33)34)22(31)11-8-10-19-9-6-7-12-23(19)35-2;1-4-5(2)3/h8-9,11,14,17-18,24-25,30H,5-7,10,12-13,15-16,19-21H2,1-4H3,(H,36,37);6-7,9,12,14-15,21-22,27H,4-5,8,10-11,13,16-18H2,1-3H3,(H,30,32)(H,33,34);4H2,1-3H3/t24-,25+,30-;21-,22+,27-;/m11./s1. The number of para-hydroxylation sites is 2. The Hall–Kier alpha value is -6.96. The first-order valence-corrected chi connectivity index (χ1v) is 30.0. The lowest BCUT2D eigenvalue weighted by atomic mass is 9.83. The first-order valence-electron chi connectivity index (χ1n) is 30.0. The molecule has 6 atom stereocenters. The number of benzene rings is 4. The average Bonchev–Trinajstić information content (AvgIpc) is 3.93. The van der Waals surface area contributed by atoms with Crippen molar-refractivity contribution in [3.05, 3.63) is 95.1 Å². The number of carbonyl (C=O) groups is 4. The van der Waals surface area contributed by atoms with Crippen LogP contribution in [0.25, 0.3) is 0 Å². The molecule has 19 nitrogen and oxygen atoms in total. The van der Waals surface area contributed by atoms with Crippen molar-refractivity contribution in [1.29, 1.82) is 0 Å². The molecule has 4 aliphatic rings. The highest BCUT2D eigenvalue weighted by atomic mass is 16.7. The summed E-state index contributed by atoms with van der Waals surface area (Å²) in [6.45, 7) is 13.0. The predicted octanol–water partition coefficient (Wildman–Crippen LogP) is 9.37. The Morgan fingerprint density at radius 1 is 0.583 bits per heavy atom. The molecular formula is C65H93N5O14. The molecule has 4 heterocycles. The molecule has 0 spiro atoms. The maximum Gasteiger partial charge on any atom is 0.308 e. The molecule has 0 unspecified atom stereocenters. The quantitative estimate of drug-likeness (QED) is 0.0433. The van der Waals surface area contributed by atoms with Crippen LogP contribution in [0.15, 0.2) is 72.8 Å². The molecule has 0 saturated carbocycles. The molecule has 0 aromatic heterocycles. The van der Waals surface area contributed by atoms with Crippen LogP contribution >= 0.6 is 0 Å². The van der Waals surface area contributed by atoms with Gasteiger partial charge in [-0.05, 0) is 137 Å². The zero-order valence-corrected chi connectivity index (χ0v) is 51.3. The van der Waals surface area contributed by atoms with Gasteiger partial charge in [-0.1, -0.05) is 76.9 Å². The number of fused-ring (bicyclic) bond motifs is 2. The number of likely N-dealkylation sites (tertiary alicyclic amines) is 2. The predicted molar refractivity (Wildman–Crippen MR) is 322 cm³/mol. The maximum atomic E-state index is 13.6. The molecule has 2 saturated heterocycles. The summed E-state index contributed by atoms with van der Waals surface area (Å²) < 4.78 is 44.5. The normalized spacial score (nSPS) is 19.4. The molecule has 462 valence electrons. The molecule has 0 aliphatic carbocycles. The van der Waals surface area contributed by atoms with Crippen LogP contribution in [0.1, 0.15) is 120 Å². The van der Waals surface area contributed by atoms with Gasteiger partial charge in [-0.2, -0.15) is 0 Å². The number of nitrogens with zero attached hydrogens (tertiary/aromatic N) is 4. The van der Waals surface area contributed by atoms with E-state index in [0.29, 0.717) is 73.5 Å². The van der Waals surface area contributed by atoms with E-state index in [2.05, 4.69) is 56.9 Å². The molecule has 0 bridgehead atoms. The second-order valence-corrected chi connectivity index (χ2v) is 22.1. The van der Waals surface area contributed by atoms with Crippen molar-refractivity contribution in [2.45, 2.75) is 122 Å². The lowest BCUT2D eigenvalue weighted by Crippen LogP contribution is -2.44. The van der Waals surface area contributed by atoms with E-state index in [4.69, 9.17) is 37.9 Å². The fraction of sp³-hybridized carbons (Fsp3) is 0.569. The summed E-state index contributed by atoms with van der Waals surface area (Å²) in [7, 11) is 10.5. The largest absolute Gasteiger partial charge is 0.496 e. The van der Waals surface area contributed by atoms with Crippen molar-refractivity contribution in [3.63, 3.8) is 0 Å². The highest BCUT2D eigenvalue weighted by Gasteiger charge is 2.49. The molecule has 4 aliphatic heterocycles. The molecule has 8 rings (SSSR count). The third-order valence-electron chi connectivity index (χ3n) is 16.4. The zero-order valence-electron chi connectivity index (χ0n) is 51.3. The first-order chi connectivity index (χ1) is 40.6. The summed E-state index contributed by atoms with van der Waals surface area (Å²) in [5.41, 5.74) is 3.80. The Kier molecular flexibility index (Phi) is 26.4. The van der Waals surface area contributed by atoms with E-state index in [9.17, 15) is 29.4 Å². The van der Waals surface area contributed by atoms with Crippen molar-refractivity contribution in [2.75, 3.05) is 108 Å². The van der Waals surface area contributed by atoms with Gasteiger partial charge in [-0.25, -0.2) is 0 Å². The molecule has 0 radical (unpaired) electrons. The van der Waals surface area contributed by atoms with Crippen molar-refractivity contribution < 1.29 is 67.3 Å². The molecule has 4 aromatic rings. The van der Waals surface area contributed by atoms with Crippen LogP contribution in [0.2, 0.25) is 0 Å². The highest BCUT2D eigenvalue weighted by Crippen LogP contribution is 2.49. The van der Waals surface area contributed by atoms with Gasteiger partial charge in [-0.15, -0.1) is 0 Å². The number of ether oxygens (including phenoxy) is 8. The number of carbonyl (C=O) groups excluding carboxylic acids is 2. The molecule has 4 aromatic carbocycles. The van der Waals surface area contributed by atoms with E-state index in [0.717, 1.165) is 105 Å². The van der Waals surface area contributed by atoms with Gasteiger partial charge in [0.15, 0.2) is 23.0 Å². The number of amides is 2. The van der Waals surface area contributed by atoms with Gasteiger partial charge in [0, 0.05) is 56.6 Å². The van der Waals surface area contributed by atoms with Crippen molar-refractivity contribution in [1.82, 2.24) is 24.9 Å². The Balaban J connectivity index is 0.000000250. The van der Waals surface area contributed by atoms with Gasteiger partial charge in [0.2, 0.25) is 36.9 Å². The van der Waals surface area contributed by atoms with Gasteiger partial charge in [0.05, 0.1) is 53.4 Å². The maximum absolute atomic E-state index is 13.6. The van der Waals surface area contributed by atoms with Gasteiger partial charge >= 0.3 is 11.9 Å². The van der Waals surface area contributed by atoms with E-state index in [1.165, 1.54) is 0 Å². The number of hydrogen-bond acceptors (Lipinski definition) is 15. The Labute approximate surface area is 497 Å². The number of hydrogen-bond donors (Lipinski definition) is 3. The van der Waals surface area contributed by atoms with E-state index in [1.54, 1.807) is 28.4 Å². The van der Waals surface area contributed by atoms with Crippen molar-refractivity contribution >= 4 is 23.8 Å². The number of aliphatic carboxylic acids is 2. The summed E-state index contributed by atoms with van der Waals surface area (Å²) in [6, 6.07) is 22.6. The van der Waals surface area contributed by atoms with E-state index >= 15 is 0 Å². The molecule has 3 N–H and O–H groups in total. The smallest absolute Gasteiger partial charge is 0.308 e. The molecule has 2 fully saturated rings.